The number of nitrogens with one attached hydrogen (secondary N) is 2. The van der Waals surface area contributed by atoms with Gasteiger partial charge >= 0.3 is 6.09 Å². The summed E-state index contributed by atoms with van der Waals surface area (Å²) in [5, 5.41) is 3.76. The van der Waals surface area contributed by atoms with Crippen LogP contribution in [0.4, 0.5) is 9.18 Å². The van der Waals surface area contributed by atoms with Gasteiger partial charge < -0.3 is 24.8 Å². The summed E-state index contributed by atoms with van der Waals surface area (Å²) in [5.41, 5.74) is 2.53. The highest BCUT2D eigenvalue weighted by atomic mass is 19.1. The van der Waals surface area contributed by atoms with Crippen LogP contribution < -0.4 is 5.32 Å². The first-order chi connectivity index (χ1) is 18.0. The predicted molar refractivity (Wildman–Crippen MR) is 142 cm³/mol. The van der Waals surface area contributed by atoms with E-state index >= 15 is 0 Å². The third-order valence-electron chi connectivity index (χ3n) is 7.95. The van der Waals surface area contributed by atoms with Gasteiger partial charge in [0.05, 0.1) is 6.04 Å². The molecule has 2 unspecified atom stereocenters. The number of aromatic amines is 1. The fraction of sp³-hybridized carbons (Fsp3) is 0.552. The van der Waals surface area contributed by atoms with E-state index in [9.17, 15) is 18.8 Å². The lowest BCUT2D eigenvalue weighted by molar-refractivity contribution is -0.133. The molecule has 0 bridgehead atoms. The Labute approximate surface area is 222 Å². The molecule has 2 aliphatic heterocycles. The Bertz CT molecular complexity index is 1290. The summed E-state index contributed by atoms with van der Waals surface area (Å²) in [5.74, 6) is -0.528. The third-order valence-corrected chi connectivity index (χ3v) is 7.95. The maximum atomic E-state index is 14.2. The Kier molecular flexibility index (Phi) is 6.96. The molecular formula is C29H37FN4O4. The molecule has 3 amide bonds. The van der Waals surface area contributed by atoms with Crippen molar-refractivity contribution in [1.29, 1.82) is 0 Å². The van der Waals surface area contributed by atoms with Crippen molar-refractivity contribution in [2.24, 2.45) is 5.92 Å². The second-order valence-electron chi connectivity index (χ2n) is 11.7. The molecule has 0 spiro atoms. The molecule has 1 saturated heterocycles. The van der Waals surface area contributed by atoms with Gasteiger partial charge in [-0.1, -0.05) is 19.3 Å². The van der Waals surface area contributed by atoms with Crippen LogP contribution in [0, 0.1) is 11.7 Å². The number of carbonyl (C=O) groups is 3. The fourth-order valence-corrected chi connectivity index (χ4v) is 6.30. The molecular weight excluding hydrogens is 487 g/mol. The average Bonchev–Trinajstić information content (AvgIpc) is 3.55. The zero-order valence-electron chi connectivity index (χ0n) is 22.6. The molecule has 38 heavy (non-hydrogen) atoms. The van der Waals surface area contributed by atoms with Crippen molar-refractivity contribution >= 4 is 34.4 Å². The van der Waals surface area contributed by atoms with Crippen molar-refractivity contribution in [2.45, 2.75) is 83.9 Å². The van der Waals surface area contributed by atoms with Crippen LogP contribution in [0.2, 0.25) is 0 Å². The number of hydrogen-bond donors (Lipinski definition) is 2. The number of benzene rings is 1. The molecule has 9 heteroatoms. The van der Waals surface area contributed by atoms with Crippen LogP contribution in [-0.4, -0.2) is 63.5 Å². The standard InChI is InChI=1S/C29H37FN4O4/c1-17(35)34-16-22(21-15-31-23-14-19(30)10-11-20(21)23)26-24(34)12-13-33(26)27(36)25(18-8-6-5-7-9-18)32-28(37)38-29(2,3)4/h10-11,14-15,18,24-25,31H,5-9,12-13,16H2,1-4H3,(H,32,37). The molecule has 2 atom stereocenters. The van der Waals surface area contributed by atoms with E-state index in [4.69, 9.17) is 4.74 Å². The van der Waals surface area contributed by atoms with Crippen LogP contribution >= 0.6 is 0 Å². The summed E-state index contributed by atoms with van der Waals surface area (Å²) < 4.78 is 19.4. The SMILES string of the molecule is CC(=O)N1CC(c2c[nH]c3cc(F)ccc23)=C2C1CCN2C(=O)C(NC(=O)OC(C)(C)C)C1CCCCC1. The number of alkyl carbamates (subject to hydrolysis) is 1. The van der Waals surface area contributed by atoms with Gasteiger partial charge in [0.15, 0.2) is 0 Å². The first kappa shape index (κ1) is 26.3. The van der Waals surface area contributed by atoms with Gasteiger partial charge in [-0.3, -0.25) is 9.59 Å². The lowest BCUT2D eigenvalue weighted by Crippen LogP contribution is -2.53. The molecule has 5 rings (SSSR count). The topological polar surface area (TPSA) is 94.7 Å². The quantitative estimate of drug-likeness (QED) is 0.592. The number of nitrogens with zero attached hydrogens (tertiary/aromatic N) is 2. The van der Waals surface area contributed by atoms with Gasteiger partial charge in [-0.25, -0.2) is 9.18 Å². The van der Waals surface area contributed by atoms with E-state index in [-0.39, 0.29) is 29.6 Å². The van der Waals surface area contributed by atoms with E-state index in [1.165, 1.54) is 12.1 Å². The molecule has 1 aliphatic carbocycles. The van der Waals surface area contributed by atoms with Gasteiger partial charge in [0.1, 0.15) is 17.5 Å². The summed E-state index contributed by atoms with van der Waals surface area (Å²) in [7, 11) is 0. The second kappa shape index (κ2) is 10.1. The van der Waals surface area contributed by atoms with Gasteiger partial charge in [0.2, 0.25) is 11.8 Å². The van der Waals surface area contributed by atoms with Gasteiger partial charge in [0, 0.05) is 53.9 Å². The van der Waals surface area contributed by atoms with Crippen molar-refractivity contribution in [3.8, 4) is 0 Å². The number of H-pyrrole nitrogens is 1. The van der Waals surface area contributed by atoms with E-state index in [0.29, 0.717) is 25.0 Å². The zero-order chi connectivity index (χ0) is 27.2. The van der Waals surface area contributed by atoms with E-state index in [0.717, 1.165) is 54.3 Å². The number of hydrogen-bond acceptors (Lipinski definition) is 4. The Morgan fingerprint density at radius 3 is 2.55 bits per heavy atom. The summed E-state index contributed by atoms with van der Waals surface area (Å²) in [6.45, 7) is 7.78. The van der Waals surface area contributed by atoms with Crippen LogP contribution in [0.3, 0.4) is 0 Å². The van der Waals surface area contributed by atoms with Crippen LogP contribution in [0.5, 0.6) is 0 Å². The number of likely N-dealkylation sites (tertiary alicyclic amines) is 1. The minimum atomic E-state index is -0.707. The number of ether oxygens (including phenoxy) is 1. The van der Waals surface area contributed by atoms with E-state index in [1.54, 1.807) is 43.6 Å². The van der Waals surface area contributed by atoms with Crippen LogP contribution in [-0.2, 0) is 14.3 Å². The predicted octanol–water partition coefficient (Wildman–Crippen LogP) is 4.95. The van der Waals surface area contributed by atoms with Crippen molar-refractivity contribution in [3.63, 3.8) is 0 Å². The van der Waals surface area contributed by atoms with Crippen LogP contribution in [0.1, 0.15) is 71.8 Å². The summed E-state index contributed by atoms with van der Waals surface area (Å²) in [4.78, 5) is 46.4. The number of rotatable bonds is 4. The molecule has 204 valence electrons. The normalized spacial score (nSPS) is 21.1. The molecule has 1 aromatic carbocycles. The summed E-state index contributed by atoms with van der Waals surface area (Å²) >= 11 is 0. The van der Waals surface area contributed by atoms with E-state index in [2.05, 4.69) is 10.3 Å². The second-order valence-corrected chi connectivity index (χ2v) is 11.7. The van der Waals surface area contributed by atoms with Crippen LogP contribution in [0.15, 0.2) is 30.1 Å². The Morgan fingerprint density at radius 2 is 1.87 bits per heavy atom. The Hall–Kier alpha value is -3.36. The maximum absolute atomic E-state index is 14.2. The summed E-state index contributed by atoms with van der Waals surface area (Å²) in [6, 6.07) is 3.67. The zero-order valence-corrected chi connectivity index (χ0v) is 22.6. The number of fused-ring (bicyclic) bond motifs is 2. The first-order valence-corrected chi connectivity index (χ1v) is 13.6. The van der Waals surface area contributed by atoms with Crippen molar-refractivity contribution in [2.75, 3.05) is 13.1 Å². The largest absolute Gasteiger partial charge is 0.444 e. The lowest BCUT2D eigenvalue weighted by atomic mass is 9.83. The van der Waals surface area contributed by atoms with Crippen molar-refractivity contribution in [1.82, 2.24) is 20.1 Å². The molecule has 2 aromatic rings. The smallest absolute Gasteiger partial charge is 0.408 e. The molecule has 1 saturated carbocycles. The van der Waals surface area contributed by atoms with E-state index in [1.807, 2.05) is 6.20 Å². The molecule has 2 fully saturated rings. The van der Waals surface area contributed by atoms with Crippen molar-refractivity contribution < 1.29 is 23.5 Å². The number of aromatic nitrogens is 1. The fourth-order valence-electron chi connectivity index (χ4n) is 6.30. The maximum Gasteiger partial charge on any atom is 0.408 e. The van der Waals surface area contributed by atoms with Crippen LogP contribution in [0.25, 0.3) is 16.5 Å². The summed E-state index contributed by atoms with van der Waals surface area (Å²) in [6.07, 6.45) is 6.75. The monoisotopic (exact) mass is 524 g/mol. The molecule has 0 radical (unpaired) electrons. The van der Waals surface area contributed by atoms with Gasteiger partial charge in [-0.05, 0) is 64.2 Å². The van der Waals surface area contributed by atoms with Crippen molar-refractivity contribution in [3.05, 3.63) is 41.5 Å². The Balaban J connectivity index is 1.53. The van der Waals surface area contributed by atoms with Gasteiger partial charge in [-0.15, -0.1) is 0 Å². The minimum absolute atomic E-state index is 0.0215. The van der Waals surface area contributed by atoms with Gasteiger partial charge in [-0.2, -0.15) is 0 Å². The highest BCUT2D eigenvalue weighted by molar-refractivity contribution is 5.98. The molecule has 8 nitrogen and oxygen atoms in total. The molecule has 2 N–H and O–H groups in total. The van der Waals surface area contributed by atoms with Gasteiger partial charge in [0.25, 0.3) is 0 Å². The molecule has 3 aliphatic rings. The number of carbonyl (C=O) groups excluding carboxylic acids is 3. The average molecular weight is 525 g/mol. The van der Waals surface area contributed by atoms with E-state index < -0.39 is 17.7 Å². The molecule has 1 aromatic heterocycles. The Morgan fingerprint density at radius 1 is 1.13 bits per heavy atom. The molecule has 3 heterocycles. The third kappa shape index (κ3) is 5.02. The highest BCUT2D eigenvalue weighted by Crippen LogP contribution is 2.42. The lowest BCUT2D eigenvalue weighted by Gasteiger charge is -2.34. The first-order valence-electron chi connectivity index (χ1n) is 13.6. The number of amides is 3. The number of halogens is 1. The highest BCUT2D eigenvalue weighted by Gasteiger charge is 2.47. The minimum Gasteiger partial charge on any atom is -0.444 e.